The van der Waals surface area contributed by atoms with Gasteiger partial charge in [-0.3, -0.25) is 10.1 Å². The average molecular weight is 553 g/mol. The molecule has 0 bridgehead atoms. The highest BCUT2D eigenvalue weighted by atomic mass is 35.5. The second-order valence-corrected chi connectivity index (χ2v) is 10.8. The molecule has 3 rings (SSSR count). The molecule has 12 heteroatoms. The van der Waals surface area contributed by atoms with Gasteiger partial charge in [-0.05, 0) is 42.5 Å². The zero-order chi connectivity index (χ0) is 23.3. The molecule has 0 spiro atoms. The third-order valence-corrected chi connectivity index (χ3v) is 7.91. The lowest BCUT2D eigenvalue weighted by atomic mass is 10.2. The van der Waals surface area contributed by atoms with Gasteiger partial charge in [-0.15, -0.1) is 34.5 Å². The number of nitrogens with one attached hydrogen (secondary N) is 1. The van der Waals surface area contributed by atoms with Crippen LogP contribution in [0.4, 0.5) is 5.13 Å². The zero-order valence-corrected chi connectivity index (χ0v) is 21.1. The van der Waals surface area contributed by atoms with E-state index in [1.165, 1.54) is 39.9 Å². The Morgan fingerprint density at radius 3 is 2.28 bits per heavy atom. The number of thiazole rings is 1. The predicted octanol–water partition coefficient (Wildman–Crippen LogP) is 5.84. The van der Waals surface area contributed by atoms with E-state index in [9.17, 15) is 13.2 Å². The maximum atomic E-state index is 12.8. The lowest BCUT2D eigenvalue weighted by Crippen LogP contribution is -2.34. The summed E-state index contributed by atoms with van der Waals surface area (Å²) in [7, 11) is -3.76. The minimum Gasteiger partial charge on any atom is -0.298 e. The number of benzene rings is 2. The van der Waals surface area contributed by atoms with Crippen LogP contribution in [0.15, 0.2) is 52.7 Å². The van der Waals surface area contributed by atoms with Gasteiger partial charge in [0.05, 0.1) is 15.6 Å². The van der Waals surface area contributed by atoms with E-state index in [1.54, 1.807) is 23.6 Å². The molecule has 32 heavy (non-hydrogen) atoms. The molecule has 1 amide bonds. The van der Waals surface area contributed by atoms with E-state index >= 15 is 0 Å². The van der Waals surface area contributed by atoms with Crippen LogP contribution in [0, 0.1) is 0 Å². The molecule has 1 N–H and O–H groups in total. The summed E-state index contributed by atoms with van der Waals surface area (Å²) in [5, 5.41) is 5.82. The largest absolute Gasteiger partial charge is 0.298 e. The Kier molecular flexibility index (Phi) is 8.80. The van der Waals surface area contributed by atoms with Gasteiger partial charge in [-0.1, -0.05) is 23.2 Å². The number of hydrogen-bond donors (Lipinski definition) is 1. The molecular formula is C20H17Cl4N3O3S2. The second kappa shape index (κ2) is 11.2. The van der Waals surface area contributed by atoms with Gasteiger partial charge < -0.3 is 0 Å². The summed E-state index contributed by atoms with van der Waals surface area (Å²) in [5.41, 5.74) is 1.58. The number of hydrogen-bond acceptors (Lipinski definition) is 5. The highest BCUT2D eigenvalue weighted by Gasteiger charge is 2.24. The smallest absolute Gasteiger partial charge is 0.257 e. The van der Waals surface area contributed by atoms with Crippen LogP contribution in [0.5, 0.6) is 0 Å². The molecule has 2 aromatic carbocycles. The van der Waals surface area contributed by atoms with E-state index in [4.69, 9.17) is 46.4 Å². The van der Waals surface area contributed by atoms with Gasteiger partial charge in [0.15, 0.2) is 5.13 Å². The van der Waals surface area contributed by atoms with Crippen molar-refractivity contribution in [3.8, 4) is 11.3 Å². The number of anilines is 1. The molecule has 0 aliphatic heterocycles. The molecule has 0 radical (unpaired) electrons. The Morgan fingerprint density at radius 2 is 1.69 bits per heavy atom. The standard InChI is InChI=1S/C20H17Cl4N3O3S2/c21-7-9-27(10-8-22)32(29,30)15-4-1-13(2-5-15)19(28)26-20-25-18(12-31-20)16-6-3-14(23)11-17(16)24/h1-6,11-12H,7-10H2,(H,25,26,28). The third kappa shape index (κ3) is 5.94. The number of carbonyl (C=O) groups is 1. The van der Waals surface area contributed by atoms with Crippen molar-refractivity contribution in [3.05, 3.63) is 63.5 Å². The van der Waals surface area contributed by atoms with E-state index < -0.39 is 15.9 Å². The number of sulfonamides is 1. The van der Waals surface area contributed by atoms with Gasteiger partial charge in [-0.25, -0.2) is 13.4 Å². The van der Waals surface area contributed by atoms with Crippen molar-refractivity contribution in [3.63, 3.8) is 0 Å². The fraction of sp³-hybridized carbons (Fsp3) is 0.200. The van der Waals surface area contributed by atoms with Gasteiger partial charge in [-0.2, -0.15) is 4.31 Å². The summed E-state index contributed by atoms with van der Waals surface area (Å²) in [6, 6.07) is 10.7. The van der Waals surface area contributed by atoms with Crippen LogP contribution in [0.1, 0.15) is 10.4 Å². The molecule has 0 aliphatic rings. The number of nitrogens with zero attached hydrogens (tertiary/aromatic N) is 2. The summed E-state index contributed by atoms with van der Waals surface area (Å²) < 4.78 is 26.7. The molecule has 170 valence electrons. The molecule has 1 aromatic heterocycles. The molecule has 0 saturated heterocycles. The van der Waals surface area contributed by atoms with Crippen molar-refractivity contribution < 1.29 is 13.2 Å². The fourth-order valence-corrected chi connectivity index (χ4v) is 6.05. The molecule has 0 atom stereocenters. The molecular weight excluding hydrogens is 536 g/mol. The summed E-state index contributed by atoms with van der Waals surface area (Å²) in [6.07, 6.45) is 0. The minimum absolute atomic E-state index is 0.0539. The van der Waals surface area contributed by atoms with Crippen molar-refractivity contribution >= 4 is 78.8 Å². The SMILES string of the molecule is O=C(Nc1nc(-c2ccc(Cl)cc2Cl)cs1)c1ccc(S(=O)(=O)N(CCCl)CCCl)cc1. The first-order valence-corrected chi connectivity index (χ1v) is 13.3. The average Bonchev–Trinajstić information content (AvgIpc) is 3.21. The Bertz CT molecular complexity index is 1200. The highest BCUT2D eigenvalue weighted by molar-refractivity contribution is 7.89. The first kappa shape index (κ1) is 25.2. The van der Waals surface area contributed by atoms with Crippen LogP contribution in [0.3, 0.4) is 0 Å². The molecule has 0 saturated carbocycles. The number of alkyl halides is 2. The fourth-order valence-electron chi connectivity index (χ4n) is 2.79. The first-order valence-electron chi connectivity index (χ1n) is 9.20. The van der Waals surface area contributed by atoms with E-state index in [0.717, 1.165) is 0 Å². The molecule has 0 aliphatic carbocycles. The summed E-state index contributed by atoms with van der Waals surface area (Å²) >= 11 is 24.8. The molecule has 1 heterocycles. The number of halogens is 4. The number of rotatable bonds is 9. The molecule has 0 unspecified atom stereocenters. The second-order valence-electron chi connectivity index (χ2n) is 6.42. The van der Waals surface area contributed by atoms with Crippen molar-refractivity contribution in [2.45, 2.75) is 4.90 Å². The summed E-state index contributed by atoms with van der Waals surface area (Å²) in [5.74, 6) is -0.128. The molecule has 3 aromatic rings. The van der Waals surface area contributed by atoms with Crippen LogP contribution >= 0.6 is 57.7 Å². The van der Waals surface area contributed by atoms with Crippen LogP contribution < -0.4 is 5.32 Å². The first-order chi connectivity index (χ1) is 15.3. The minimum atomic E-state index is -3.76. The van der Waals surface area contributed by atoms with Crippen molar-refractivity contribution in [2.24, 2.45) is 0 Å². The molecule has 0 fully saturated rings. The Balaban J connectivity index is 1.73. The monoisotopic (exact) mass is 551 g/mol. The number of amides is 1. The third-order valence-electron chi connectivity index (χ3n) is 4.35. The number of carbonyl (C=O) groups excluding carboxylic acids is 1. The van der Waals surface area contributed by atoms with Crippen LogP contribution in [0.25, 0.3) is 11.3 Å². The lowest BCUT2D eigenvalue weighted by Gasteiger charge is -2.20. The Morgan fingerprint density at radius 1 is 1.03 bits per heavy atom. The van der Waals surface area contributed by atoms with Gasteiger partial charge in [0.25, 0.3) is 5.91 Å². The van der Waals surface area contributed by atoms with Crippen molar-refractivity contribution in [2.75, 3.05) is 30.2 Å². The maximum Gasteiger partial charge on any atom is 0.257 e. The number of aromatic nitrogens is 1. The van der Waals surface area contributed by atoms with Gasteiger partial charge in [0.2, 0.25) is 10.0 Å². The van der Waals surface area contributed by atoms with Gasteiger partial charge in [0, 0.05) is 46.4 Å². The van der Waals surface area contributed by atoms with Crippen molar-refractivity contribution in [1.82, 2.24) is 9.29 Å². The normalized spacial score (nSPS) is 11.7. The summed E-state index contributed by atoms with van der Waals surface area (Å²) in [4.78, 5) is 17.0. The Labute approximate surface area is 210 Å². The Hall–Kier alpha value is -1.39. The highest BCUT2D eigenvalue weighted by Crippen LogP contribution is 2.32. The quantitative estimate of drug-likeness (QED) is 0.338. The van der Waals surface area contributed by atoms with E-state index in [-0.39, 0.29) is 35.3 Å². The topological polar surface area (TPSA) is 79.4 Å². The van der Waals surface area contributed by atoms with Crippen molar-refractivity contribution in [1.29, 1.82) is 0 Å². The van der Waals surface area contributed by atoms with E-state index in [0.29, 0.717) is 26.4 Å². The van der Waals surface area contributed by atoms with Gasteiger partial charge >= 0.3 is 0 Å². The van der Waals surface area contributed by atoms with Crippen LogP contribution in [-0.4, -0.2) is 48.5 Å². The maximum absolute atomic E-state index is 12.8. The van der Waals surface area contributed by atoms with Crippen LogP contribution in [0.2, 0.25) is 10.0 Å². The molecule has 6 nitrogen and oxygen atoms in total. The van der Waals surface area contributed by atoms with Gasteiger partial charge in [0.1, 0.15) is 0 Å². The lowest BCUT2D eigenvalue weighted by molar-refractivity contribution is 0.102. The summed E-state index contributed by atoms with van der Waals surface area (Å²) in [6.45, 7) is 0.283. The zero-order valence-electron chi connectivity index (χ0n) is 16.4. The van der Waals surface area contributed by atoms with E-state index in [1.807, 2.05) is 0 Å². The van der Waals surface area contributed by atoms with Crippen LogP contribution in [-0.2, 0) is 10.0 Å². The predicted molar refractivity (Wildman–Crippen MR) is 132 cm³/mol. The van der Waals surface area contributed by atoms with E-state index in [2.05, 4.69) is 10.3 Å².